The van der Waals surface area contributed by atoms with Crippen LogP contribution in [0, 0.1) is 11.7 Å². The van der Waals surface area contributed by atoms with Crippen LogP contribution < -0.4 is 14.8 Å². The summed E-state index contributed by atoms with van der Waals surface area (Å²) in [5.41, 5.74) is 1.67. The molecule has 1 unspecified atom stereocenters. The zero-order valence-electron chi connectivity index (χ0n) is 16.9. The molecule has 1 atom stereocenters. The summed E-state index contributed by atoms with van der Waals surface area (Å²) in [6.45, 7) is 1.10. The lowest BCUT2D eigenvalue weighted by Gasteiger charge is -2.17. The summed E-state index contributed by atoms with van der Waals surface area (Å²) in [5, 5.41) is 2.81. The lowest BCUT2D eigenvalue weighted by atomic mass is 10.1. The Morgan fingerprint density at radius 1 is 1.20 bits per heavy atom. The number of ether oxygens (including phenoxy) is 2. The van der Waals surface area contributed by atoms with Crippen molar-refractivity contribution < 1.29 is 23.5 Å². The highest BCUT2D eigenvalue weighted by atomic mass is 79.9. The Bertz CT molecular complexity index is 937. The topological polar surface area (TPSA) is 67.9 Å². The second-order valence-electron chi connectivity index (χ2n) is 7.13. The molecule has 0 spiro atoms. The summed E-state index contributed by atoms with van der Waals surface area (Å²) in [4.78, 5) is 26.6. The number of methoxy groups -OCH3 is 2. The van der Waals surface area contributed by atoms with Gasteiger partial charge in [-0.3, -0.25) is 9.59 Å². The van der Waals surface area contributed by atoms with Gasteiger partial charge in [0.1, 0.15) is 5.82 Å². The number of benzene rings is 2. The number of carbonyl (C=O) groups excluding carboxylic acids is 2. The molecule has 1 heterocycles. The van der Waals surface area contributed by atoms with Crippen molar-refractivity contribution in [1.29, 1.82) is 0 Å². The zero-order valence-corrected chi connectivity index (χ0v) is 18.5. The summed E-state index contributed by atoms with van der Waals surface area (Å²) in [6.07, 6.45) is 0.832. The maximum absolute atomic E-state index is 13.4. The predicted octanol–water partition coefficient (Wildman–Crippen LogP) is 3.31. The monoisotopic (exact) mass is 478 g/mol. The van der Waals surface area contributed by atoms with Crippen LogP contribution in [-0.4, -0.2) is 44.0 Å². The van der Waals surface area contributed by atoms with Crippen molar-refractivity contribution in [3.63, 3.8) is 0 Å². The first-order chi connectivity index (χ1) is 14.4. The third kappa shape index (κ3) is 5.30. The number of rotatable bonds is 8. The quantitative estimate of drug-likeness (QED) is 0.631. The van der Waals surface area contributed by atoms with Crippen LogP contribution in [0.2, 0.25) is 0 Å². The van der Waals surface area contributed by atoms with Crippen LogP contribution in [0.5, 0.6) is 11.5 Å². The lowest BCUT2D eigenvalue weighted by Crippen LogP contribution is -2.33. The number of carbonyl (C=O) groups is 2. The van der Waals surface area contributed by atoms with E-state index in [1.807, 2.05) is 18.2 Å². The van der Waals surface area contributed by atoms with Crippen molar-refractivity contribution in [2.24, 2.45) is 5.92 Å². The van der Waals surface area contributed by atoms with E-state index in [4.69, 9.17) is 9.47 Å². The van der Waals surface area contributed by atoms with Gasteiger partial charge in [0.05, 0.1) is 20.1 Å². The fourth-order valence-electron chi connectivity index (χ4n) is 3.47. The fourth-order valence-corrected chi connectivity index (χ4v) is 3.86. The molecule has 0 radical (unpaired) electrons. The molecule has 0 aromatic heterocycles. The highest BCUT2D eigenvalue weighted by molar-refractivity contribution is 9.10. The molecule has 1 N–H and O–H groups in total. The van der Waals surface area contributed by atoms with Gasteiger partial charge in [0.25, 0.3) is 0 Å². The van der Waals surface area contributed by atoms with Crippen molar-refractivity contribution in [2.45, 2.75) is 19.4 Å². The van der Waals surface area contributed by atoms with Gasteiger partial charge in [0, 0.05) is 30.5 Å². The molecular formula is C22H24BrFN2O4. The Hall–Kier alpha value is -2.61. The zero-order chi connectivity index (χ0) is 21.7. The van der Waals surface area contributed by atoms with E-state index in [1.165, 1.54) is 12.1 Å². The SMILES string of the molecule is COc1ccc(CCN2CC(C(=O)NCc3cc(F)ccc3Br)CC2=O)cc1OC. The first kappa shape index (κ1) is 22.1. The lowest BCUT2D eigenvalue weighted by molar-refractivity contribution is -0.129. The van der Waals surface area contributed by atoms with Gasteiger partial charge in [-0.05, 0) is 47.9 Å². The molecule has 160 valence electrons. The average Bonchev–Trinajstić information content (AvgIpc) is 3.13. The number of nitrogens with one attached hydrogen (secondary N) is 1. The third-order valence-corrected chi connectivity index (χ3v) is 5.94. The van der Waals surface area contributed by atoms with E-state index in [0.29, 0.717) is 36.6 Å². The minimum atomic E-state index is -0.407. The van der Waals surface area contributed by atoms with Gasteiger partial charge in [-0.15, -0.1) is 0 Å². The molecule has 1 saturated heterocycles. The molecule has 1 aliphatic rings. The van der Waals surface area contributed by atoms with E-state index in [0.717, 1.165) is 10.0 Å². The predicted molar refractivity (Wildman–Crippen MR) is 114 cm³/mol. The van der Waals surface area contributed by atoms with Gasteiger partial charge >= 0.3 is 0 Å². The average molecular weight is 479 g/mol. The molecule has 3 rings (SSSR count). The maximum atomic E-state index is 13.4. The maximum Gasteiger partial charge on any atom is 0.225 e. The van der Waals surface area contributed by atoms with E-state index in [2.05, 4.69) is 21.2 Å². The molecule has 2 amide bonds. The number of likely N-dealkylation sites (tertiary alicyclic amines) is 1. The summed E-state index contributed by atoms with van der Waals surface area (Å²) in [6, 6.07) is 9.98. The summed E-state index contributed by atoms with van der Waals surface area (Å²) in [7, 11) is 3.16. The van der Waals surface area contributed by atoms with E-state index in [-0.39, 0.29) is 30.6 Å². The van der Waals surface area contributed by atoms with Gasteiger partial charge in [-0.2, -0.15) is 0 Å². The highest BCUT2D eigenvalue weighted by Gasteiger charge is 2.33. The minimum Gasteiger partial charge on any atom is -0.493 e. The van der Waals surface area contributed by atoms with Gasteiger partial charge in [0.2, 0.25) is 11.8 Å². The van der Waals surface area contributed by atoms with E-state index in [1.54, 1.807) is 25.2 Å². The summed E-state index contributed by atoms with van der Waals surface area (Å²) >= 11 is 3.35. The summed E-state index contributed by atoms with van der Waals surface area (Å²) in [5.74, 6) is 0.287. The second-order valence-corrected chi connectivity index (χ2v) is 7.99. The minimum absolute atomic E-state index is 0.0393. The molecule has 2 aromatic rings. The van der Waals surface area contributed by atoms with Crippen LogP contribution in [-0.2, 0) is 22.6 Å². The van der Waals surface area contributed by atoms with Crippen LogP contribution >= 0.6 is 15.9 Å². The van der Waals surface area contributed by atoms with E-state index >= 15 is 0 Å². The molecule has 1 fully saturated rings. The van der Waals surface area contributed by atoms with Crippen LogP contribution in [0.25, 0.3) is 0 Å². The Balaban J connectivity index is 1.53. The molecule has 30 heavy (non-hydrogen) atoms. The van der Waals surface area contributed by atoms with Crippen LogP contribution in [0.3, 0.4) is 0 Å². The summed E-state index contributed by atoms with van der Waals surface area (Å²) < 4.78 is 24.7. The van der Waals surface area contributed by atoms with Gasteiger partial charge in [-0.1, -0.05) is 22.0 Å². The fraction of sp³-hybridized carbons (Fsp3) is 0.364. The third-order valence-electron chi connectivity index (χ3n) is 5.16. The van der Waals surface area contributed by atoms with Crippen molar-refractivity contribution in [3.05, 3.63) is 57.8 Å². The molecule has 1 aliphatic heterocycles. The van der Waals surface area contributed by atoms with Crippen LogP contribution in [0.4, 0.5) is 4.39 Å². The van der Waals surface area contributed by atoms with Gasteiger partial charge in [0.15, 0.2) is 11.5 Å². The van der Waals surface area contributed by atoms with Crippen molar-refractivity contribution in [3.8, 4) is 11.5 Å². The standard InChI is InChI=1S/C22H24BrFN2O4/c1-29-19-6-3-14(9-20(19)30-2)7-8-26-13-16(11-21(26)27)22(28)25-12-15-10-17(24)4-5-18(15)23/h3-6,9-10,16H,7-8,11-13H2,1-2H3,(H,25,28). The van der Waals surface area contributed by atoms with Crippen molar-refractivity contribution >= 4 is 27.7 Å². The van der Waals surface area contributed by atoms with E-state index < -0.39 is 5.92 Å². The van der Waals surface area contributed by atoms with Crippen LogP contribution in [0.1, 0.15) is 17.5 Å². The molecule has 0 bridgehead atoms. The Morgan fingerprint density at radius 2 is 1.97 bits per heavy atom. The first-order valence-corrected chi connectivity index (χ1v) is 10.4. The molecular weight excluding hydrogens is 455 g/mol. The van der Waals surface area contributed by atoms with Gasteiger partial charge in [-0.25, -0.2) is 4.39 Å². The molecule has 6 nitrogen and oxygen atoms in total. The first-order valence-electron chi connectivity index (χ1n) is 9.61. The number of hydrogen-bond donors (Lipinski definition) is 1. The molecule has 0 aliphatic carbocycles. The Morgan fingerprint density at radius 3 is 2.70 bits per heavy atom. The molecule has 8 heteroatoms. The van der Waals surface area contributed by atoms with Crippen molar-refractivity contribution in [2.75, 3.05) is 27.3 Å². The second kappa shape index (κ2) is 9.93. The molecule has 2 aromatic carbocycles. The van der Waals surface area contributed by atoms with Gasteiger partial charge < -0.3 is 19.7 Å². The highest BCUT2D eigenvalue weighted by Crippen LogP contribution is 2.28. The number of hydrogen-bond acceptors (Lipinski definition) is 4. The molecule has 0 saturated carbocycles. The smallest absolute Gasteiger partial charge is 0.225 e. The largest absolute Gasteiger partial charge is 0.493 e. The van der Waals surface area contributed by atoms with Crippen LogP contribution in [0.15, 0.2) is 40.9 Å². The Labute approximate surface area is 183 Å². The normalized spacial score (nSPS) is 15.9. The number of halogens is 2. The van der Waals surface area contributed by atoms with Crippen molar-refractivity contribution in [1.82, 2.24) is 10.2 Å². The van der Waals surface area contributed by atoms with E-state index in [9.17, 15) is 14.0 Å². The number of nitrogens with zero attached hydrogens (tertiary/aromatic N) is 1. The Kier molecular flexibility index (Phi) is 7.31. The number of amides is 2.